The largest absolute Gasteiger partial charge is 0.417 e. The summed E-state index contributed by atoms with van der Waals surface area (Å²) in [6.45, 7) is 4.46. The quantitative estimate of drug-likeness (QED) is 0.465. The van der Waals surface area contributed by atoms with Crippen LogP contribution < -0.4 is 4.90 Å². The van der Waals surface area contributed by atoms with Gasteiger partial charge in [-0.05, 0) is 30.3 Å². The highest BCUT2D eigenvalue weighted by atomic mass is 79.9. The summed E-state index contributed by atoms with van der Waals surface area (Å²) in [7, 11) is 0. The Kier molecular flexibility index (Phi) is 6.00. The SMILES string of the molecule is FC(F)(F)c1cc2c(cc1Br)Sc1cc(Br)ccc1N2CCN1CCOCC1. The molecule has 0 N–H and O–H groups in total. The fraction of sp³-hybridized carbons (Fsp3) is 0.368. The van der Waals surface area contributed by atoms with Crippen molar-refractivity contribution >= 4 is 55.0 Å². The van der Waals surface area contributed by atoms with Gasteiger partial charge in [0.1, 0.15) is 0 Å². The molecule has 2 aromatic rings. The van der Waals surface area contributed by atoms with E-state index in [4.69, 9.17) is 4.74 Å². The van der Waals surface area contributed by atoms with Crippen LogP contribution in [0, 0.1) is 0 Å². The van der Waals surface area contributed by atoms with Gasteiger partial charge in [0.05, 0.1) is 30.2 Å². The smallest absolute Gasteiger partial charge is 0.379 e. The molecule has 2 aliphatic rings. The Bertz CT molecular complexity index is 888. The number of benzene rings is 2. The van der Waals surface area contributed by atoms with Crippen molar-refractivity contribution in [2.45, 2.75) is 16.0 Å². The van der Waals surface area contributed by atoms with Gasteiger partial charge in [0.2, 0.25) is 0 Å². The summed E-state index contributed by atoms with van der Waals surface area (Å²) in [6, 6.07) is 8.74. The number of hydrogen-bond donors (Lipinski definition) is 0. The third-order valence-corrected chi connectivity index (χ3v) is 7.06. The molecule has 0 radical (unpaired) electrons. The second-order valence-electron chi connectivity index (χ2n) is 6.62. The van der Waals surface area contributed by atoms with Crippen LogP contribution in [0.1, 0.15) is 5.56 Å². The van der Waals surface area contributed by atoms with Crippen molar-refractivity contribution in [1.82, 2.24) is 4.90 Å². The van der Waals surface area contributed by atoms with Crippen LogP contribution in [0.15, 0.2) is 49.1 Å². The van der Waals surface area contributed by atoms with E-state index in [0.29, 0.717) is 25.4 Å². The maximum Gasteiger partial charge on any atom is 0.417 e. The molecule has 1 fully saturated rings. The molecule has 2 aliphatic heterocycles. The lowest BCUT2D eigenvalue weighted by molar-refractivity contribution is -0.138. The van der Waals surface area contributed by atoms with Crippen LogP contribution in [0.2, 0.25) is 0 Å². The van der Waals surface area contributed by atoms with Crippen LogP contribution >= 0.6 is 43.6 Å². The van der Waals surface area contributed by atoms with E-state index in [1.165, 1.54) is 17.8 Å². The zero-order chi connectivity index (χ0) is 19.9. The van der Waals surface area contributed by atoms with Gasteiger partial charge in [0, 0.05) is 44.9 Å². The first kappa shape index (κ1) is 20.5. The molecule has 0 aliphatic carbocycles. The molecule has 0 amide bonds. The van der Waals surface area contributed by atoms with Crippen molar-refractivity contribution in [2.24, 2.45) is 0 Å². The molecule has 28 heavy (non-hydrogen) atoms. The fourth-order valence-electron chi connectivity index (χ4n) is 3.40. The highest BCUT2D eigenvalue weighted by Gasteiger charge is 2.36. The van der Waals surface area contributed by atoms with Crippen LogP contribution in [0.4, 0.5) is 24.5 Å². The molecule has 9 heteroatoms. The number of fused-ring (bicyclic) bond motifs is 2. The average molecular weight is 538 g/mol. The molecule has 150 valence electrons. The lowest BCUT2D eigenvalue weighted by Gasteiger charge is -2.36. The number of ether oxygens (including phenoxy) is 1. The van der Waals surface area contributed by atoms with E-state index in [2.05, 4.69) is 36.8 Å². The van der Waals surface area contributed by atoms with Crippen LogP contribution in [0.3, 0.4) is 0 Å². The summed E-state index contributed by atoms with van der Waals surface area (Å²) in [5.41, 5.74) is 0.886. The third-order valence-electron chi connectivity index (χ3n) is 4.82. The van der Waals surface area contributed by atoms with Gasteiger partial charge < -0.3 is 9.64 Å². The summed E-state index contributed by atoms with van der Waals surface area (Å²) < 4.78 is 46.9. The molecule has 0 saturated carbocycles. The monoisotopic (exact) mass is 536 g/mol. The molecule has 0 aromatic heterocycles. The fourth-order valence-corrected chi connectivity index (χ4v) is 5.79. The average Bonchev–Trinajstić information content (AvgIpc) is 2.64. The predicted octanol–water partition coefficient (Wildman–Crippen LogP) is 6.17. The number of anilines is 2. The number of nitrogens with zero attached hydrogens (tertiary/aromatic N) is 2. The normalized spacial score (nSPS) is 17.4. The van der Waals surface area contributed by atoms with Gasteiger partial charge in [0.15, 0.2) is 0 Å². The number of rotatable bonds is 3. The molecule has 0 spiro atoms. The lowest BCUT2D eigenvalue weighted by atomic mass is 10.1. The minimum Gasteiger partial charge on any atom is -0.379 e. The summed E-state index contributed by atoms with van der Waals surface area (Å²) in [6.07, 6.45) is -4.41. The molecule has 2 aromatic carbocycles. The Morgan fingerprint density at radius 2 is 1.68 bits per heavy atom. The van der Waals surface area contributed by atoms with E-state index < -0.39 is 11.7 Å². The zero-order valence-electron chi connectivity index (χ0n) is 14.7. The van der Waals surface area contributed by atoms with Gasteiger partial charge in [-0.2, -0.15) is 13.2 Å². The first-order valence-corrected chi connectivity index (χ1v) is 11.2. The van der Waals surface area contributed by atoms with E-state index in [1.807, 2.05) is 23.1 Å². The highest BCUT2D eigenvalue weighted by molar-refractivity contribution is 9.10. The van der Waals surface area contributed by atoms with Crippen LogP contribution in [-0.4, -0.2) is 44.3 Å². The maximum atomic E-state index is 13.5. The number of halogens is 5. The third kappa shape index (κ3) is 4.23. The van der Waals surface area contributed by atoms with E-state index >= 15 is 0 Å². The molecule has 0 bridgehead atoms. The van der Waals surface area contributed by atoms with Crippen molar-refractivity contribution in [3.63, 3.8) is 0 Å². The Morgan fingerprint density at radius 3 is 2.39 bits per heavy atom. The number of morpholine rings is 1. The summed E-state index contributed by atoms with van der Waals surface area (Å²) in [4.78, 5) is 6.13. The maximum absolute atomic E-state index is 13.5. The second kappa shape index (κ2) is 8.18. The highest BCUT2D eigenvalue weighted by Crippen LogP contribution is 2.51. The second-order valence-corrected chi connectivity index (χ2v) is 9.47. The van der Waals surface area contributed by atoms with Gasteiger partial charge >= 0.3 is 6.18 Å². The van der Waals surface area contributed by atoms with Gasteiger partial charge in [-0.1, -0.05) is 43.6 Å². The number of hydrogen-bond acceptors (Lipinski definition) is 4. The first-order valence-electron chi connectivity index (χ1n) is 8.79. The summed E-state index contributed by atoms with van der Waals surface area (Å²) in [5, 5.41) is 0. The van der Waals surface area contributed by atoms with Crippen LogP contribution in [0.25, 0.3) is 0 Å². The summed E-state index contributed by atoms with van der Waals surface area (Å²) >= 11 is 8.09. The molecule has 0 unspecified atom stereocenters. The molecular weight excluding hydrogens is 521 g/mol. The van der Waals surface area contributed by atoms with Crippen molar-refractivity contribution < 1.29 is 17.9 Å². The Labute approximate surface area is 182 Å². The Hall–Kier alpha value is -0.740. The lowest BCUT2D eigenvalue weighted by Crippen LogP contribution is -2.41. The van der Waals surface area contributed by atoms with Crippen molar-refractivity contribution in [2.75, 3.05) is 44.3 Å². The Morgan fingerprint density at radius 1 is 0.964 bits per heavy atom. The molecule has 4 rings (SSSR count). The molecule has 0 atom stereocenters. The van der Waals surface area contributed by atoms with E-state index in [1.54, 1.807) is 6.07 Å². The van der Waals surface area contributed by atoms with E-state index in [0.717, 1.165) is 39.6 Å². The van der Waals surface area contributed by atoms with Crippen molar-refractivity contribution in [1.29, 1.82) is 0 Å². The molecule has 3 nitrogen and oxygen atoms in total. The predicted molar refractivity (Wildman–Crippen MR) is 112 cm³/mol. The van der Waals surface area contributed by atoms with Crippen molar-refractivity contribution in [3.8, 4) is 0 Å². The topological polar surface area (TPSA) is 15.7 Å². The van der Waals surface area contributed by atoms with Gasteiger partial charge in [0.25, 0.3) is 0 Å². The Balaban J connectivity index is 1.72. The molecule has 2 heterocycles. The zero-order valence-corrected chi connectivity index (χ0v) is 18.7. The molecular formula is C19H17Br2F3N2OS. The van der Waals surface area contributed by atoms with Gasteiger partial charge in [-0.25, -0.2) is 0 Å². The van der Waals surface area contributed by atoms with Crippen LogP contribution in [-0.2, 0) is 10.9 Å². The van der Waals surface area contributed by atoms with E-state index in [-0.39, 0.29) is 4.47 Å². The van der Waals surface area contributed by atoms with Crippen LogP contribution in [0.5, 0.6) is 0 Å². The standard InChI is InChI=1S/C19H17Br2F3N2OS/c20-12-1-2-15-17(9-12)28-18-11-14(21)13(19(22,23)24)10-16(18)26(15)4-3-25-5-7-27-8-6-25/h1-2,9-11H,3-8H2. The molecule has 1 saturated heterocycles. The van der Waals surface area contributed by atoms with Gasteiger partial charge in [-0.3, -0.25) is 4.90 Å². The van der Waals surface area contributed by atoms with Crippen molar-refractivity contribution in [3.05, 3.63) is 44.8 Å². The minimum atomic E-state index is -4.41. The summed E-state index contributed by atoms with van der Waals surface area (Å²) in [5.74, 6) is 0. The van der Waals surface area contributed by atoms with Gasteiger partial charge in [-0.15, -0.1) is 0 Å². The minimum absolute atomic E-state index is 0.0674. The van der Waals surface area contributed by atoms with E-state index in [9.17, 15) is 13.2 Å². The first-order chi connectivity index (χ1) is 13.3. The number of alkyl halides is 3.